The van der Waals surface area contributed by atoms with Crippen LogP contribution in [-0.2, 0) is 4.79 Å². The predicted molar refractivity (Wildman–Crippen MR) is 54.7 cm³/mol. The van der Waals surface area contributed by atoms with Crippen molar-refractivity contribution in [3.63, 3.8) is 0 Å². The molecule has 0 aliphatic rings. The molecule has 0 unspecified atom stereocenters. The van der Waals surface area contributed by atoms with Crippen LogP contribution < -0.4 is 10.4 Å². The van der Waals surface area contributed by atoms with E-state index < -0.39 is 5.97 Å². The van der Waals surface area contributed by atoms with Gasteiger partial charge in [0.15, 0.2) is 0 Å². The van der Waals surface area contributed by atoms with Crippen LogP contribution in [0.4, 0.5) is 5.69 Å². The SMILES string of the molecule is CCC(=O)Nc1cc(Cl)ccc1C(=O)[O-]. The first-order valence-electron chi connectivity index (χ1n) is 4.35. The van der Waals surface area contributed by atoms with Crippen LogP contribution >= 0.6 is 11.6 Å². The second-order valence-electron chi connectivity index (χ2n) is 2.88. The van der Waals surface area contributed by atoms with Gasteiger partial charge in [0.05, 0.1) is 11.7 Å². The summed E-state index contributed by atoms with van der Waals surface area (Å²) in [6.45, 7) is 1.67. The summed E-state index contributed by atoms with van der Waals surface area (Å²) >= 11 is 5.68. The molecular weight excluding hydrogens is 218 g/mol. The maximum absolute atomic E-state index is 11.1. The van der Waals surface area contributed by atoms with Crippen molar-refractivity contribution in [1.82, 2.24) is 0 Å². The summed E-state index contributed by atoms with van der Waals surface area (Å²) in [5.74, 6) is -1.63. The second-order valence-corrected chi connectivity index (χ2v) is 3.32. The molecule has 0 atom stereocenters. The number of carboxylic acids is 1. The first-order chi connectivity index (χ1) is 7.04. The molecule has 0 bridgehead atoms. The van der Waals surface area contributed by atoms with E-state index in [1.54, 1.807) is 6.92 Å². The number of nitrogens with one attached hydrogen (secondary N) is 1. The van der Waals surface area contributed by atoms with Crippen molar-refractivity contribution in [2.75, 3.05) is 5.32 Å². The van der Waals surface area contributed by atoms with Crippen LogP contribution in [0.2, 0.25) is 5.02 Å². The third-order valence-corrected chi connectivity index (χ3v) is 2.03. The molecule has 1 rings (SSSR count). The van der Waals surface area contributed by atoms with Crippen LogP contribution in [0, 0.1) is 0 Å². The van der Waals surface area contributed by atoms with Gasteiger partial charge >= 0.3 is 0 Å². The lowest BCUT2D eigenvalue weighted by Crippen LogP contribution is -2.24. The molecule has 1 aromatic rings. The maximum atomic E-state index is 11.1. The van der Waals surface area contributed by atoms with Crippen molar-refractivity contribution >= 4 is 29.2 Å². The number of hydrogen-bond donors (Lipinski definition) is 1. The molecule has 0 aliphatic carbocycles. The van der Waals surface area contributed by atoms with E-state index in [2.05, 4.69) is 5.32 Å². The van der Waals surface area contributed by atoms with Crippen LogP contribution in [0.15, 0.2) is 18.2 Å². The number of rotatable bonds is 3. The standard InChI is InChI=1S/C10H10ClNO3/c1-2-9(13)12-8-5-6(11)3-4-7(8)10(14)15/h3-5H,2H2,1H3,(H,12,13)(H,14,15)/p-1. The average molecular weight is 227 g/mol. The number of benzene rings is 1. The zero-order valence-corrected chi connectivity index (χ0v) is 8.80. The molecular formula is C10H9ClNO3-. The Hall–Kier alpha value is -1.55. The molecule has 5 heteroatoms. The van der Waals surface area contributed by atoms with E-state index in [1.807, 2.05) is 0 Å². The first kappa shape index (κ1) is 11.5. The minimum atomic E-state index is -1.35. The molecule has 0 saturated carbocycles. The van der Waals surface area contributed by atoms with Gasteiger partial charge in [-0.1, -0.05) is 18.5 Å². The van der Waals surface area contributed by atoms with Crippen molar-refractivity contribution in [3.8, 4) is 0 Å². The monoisotopic (exact) mass is 226 g/mol. The van der Waals surface area contributed by atoms with Gasteiger partial charge in [-0.2, -0.15) is 0 Å². The van der Waals surface area contributed by atoms with Crippen LogP contribution in [-0.4, -0.2) is 11.9 Å². The van der Waals surface area contributed by atoms with E-state index in [4.69, 9.17) is 11.6 Å². The normalized spacial score (nSPS) is 9.73. The highest BCUT2D eigenvalue weighted by molar-refractivity contribution is 6.31. The van der Waals surface area contributed by atoms with Gasteiger partial charge in [-0.05, 0) is 18.2 Å². The summed E-state index contributed by atoms with van der Waals surface area (Å²) in [6, 6.07) is 4.09. The third-order valence-electron chi connectivity index (χ3n) is 1.80. The van der Waals surface area contributed by atoms with Gasteiger partial charge in [0.2, 0.25) is 5.91 Å². The summed E-state index contributed by atoms with van der Waals surface area (Å²) in [4.78, 5) is 21.8. The number of amides is 1. The second kappa shape index (κ2) is 4.79. The van der Waals surface area contributed by atoms with E-state index in [0.717, 1.165) is 0 Å². The van der Waals surface area contributed by atoms with Crippen LogP contribution in [0.25, 0.3) is 0 Å². The smallest absolute Gasteiger partial charge is 0.224 e. The Morgan fingerprint density at radius 1 is 1.47 bits per heavy atom. The molecule has 0 heterocycles. The molecule has 1 aromatic carbocycles. The van der Waals surface area contributed by atoms with Gasteiger partial charge in [-0.25, -0.2) is 0 Å². The van der Waals surface area contributed by atoms with Crippen molar-refractivity contribution in [2.45, 2.75) is 13.3 Å². The maximum Gasteiger partial charge on any atom is 0.224 e. The topological polar surface area (TPSA) is 69.2 Å². The van der Waals surface area contributed by atoms with E-state index >= 15 is 0 Å². The van der Waals surface area contributed by atoms with Gasteiger partial charge < -0.3 is 15.2 Å². The van der Waals surface area contributed by atoms with Crippen LogP contribution in [0.1, 0.15) is 23.7 Å². The van der Waals surface area contributed by atoms with Gasteiger partial charge in [0.25, 0.3) is 0 Å². The number of carbonyl (C=O) groups is 2. The van der Waals surface area contributed by atoms with Crippen molar-refractivity contribution in [1.29, 1.82) is 0 Å². The van der Waals surface area contributed by atoms with Crippen molar-refractivity contribution in [2.24, 2.45) is 0 Å². The molecule has 1 N–H and O–H groups in total. The number of carboxylic acid groups (broad SMARTS) is 1. The van der Waals surface area contributed by atoms with Crippen LogP contribution in [0.5, 0.6) is 0 Å². The molecule has 15 heavy (non-hydrogen) atoms. The summed E-state index contributed by atoms with van der Waals surface area (Å²) in [5.41, 5.74) is 0.0792. The van der Waals surface area contributed by atoms with Gasteiger partial charge in [0, 0.05) is 17.0 Å². The first-order valence-corrected chi connectivity index (χ1v) is 4.73. The molecule has 0 aromatic heterocycles. The Morgan fingerprint density at radius 2 is 2.13 bits per heavy atom. The van der Waals surface area contributed by atoms with Crippen molar-refractivity contribution < 1.29 is 14.7 Å². The van der Waals surface area contributed by atoms with Crippen molar-refractivity contribution in [3.05, 3.63) is 28.8 Å². The van der Waals surface area contributed by atoms with Gasteiger partial charge in [0.1, 0.15) is 0 Å². The Labute approximate surface area is 91.9 Å². The van der Waals surface area contributed by atoms with Gasteiger partial charge in [-0.3, -0.25) is 4.79 Å². The molecule has 0 radical (unpaired) electrons. The number of carbonyl (C=O) groups excluding carboxylic acids is 2. The zero-order chi connectivity index (χ0) is 11.4. The minimum absolute atomic E-state index is 0.0822. The zero-order valence-electron chi connectivity index (χ0n) is 8.04. The molecule has 0 fully saturated rings. The summed E-state index contributed by atoms with van der Waals surface area (Å²) in [5, 5.41) is 13.5. The minimum Gasteiger partial charge on any atom is -0.545 e. The fourth-order valence-electron chi connectivity index (χ4n) is 1.04. The lowest BCUT2D eigenvalue weighted by Gasteiger charge is -2.11. The highest BCUT2D eigenvalue weighted by atomic mass is 35.5. The number of aromatic carboxylic acids is 1. The lowest BCUT2D eigenvalue weighted by atomic mass is 10.2. The number of anilines is 1. The van der Waals surface area contributed by atoms with Crippen LogP contribution in [0.3, 0.4) is 0 Å². The fraction of sp³-hybridized carbons (Fsp3) is 0.200. The van der Waals surface area contributed by atoms with E-state index in [9.17, 15) is 14.7 Å². The molecule has 0 saturated heterocycles. The number of hydrogen-bond acceptors (Lipinski definition) is 3. The fourth-order valence-corrected chi connectivity index (χ4v) is 1.21. The molecule has 1 amide bonds. The predicted octanol–water partition coefficient (Wildman–Crippen LogP) is 1.05. The summed E-state index contributed by atoms with van der Waals surface area (Å²) in [7, 11) is 0. The summed E-state index contributed by atoms with van der Waals surface area (Å²) < 4.78 is 0. The third kappa shape index (κ3) is 2.95. The highest BCUT2D eigenvalue weighted by Gasteiger charge is 2.06. The Bertz CT molecular complexity index is 404. The lowest BCUT2D eigenvalue weighted by molar-refractivity contribution is -0.254. The average Bonchev–Trinajstić information content (AvgIpc) is 2.17. The molecule has 0 aliphatic heterocycles. The largest absolute Gasteiger partial charge is 0.545 e. The van der Waals surface area contributed by atoms with Gasteiger partial charge in [-0.15, -0.1) is 0 Å². The number of halogens is 1. The molecule has 80 valence electrons. The Kier molecular flexibility index (Phi) is 3.68. The van der Waals surface area contributed by atoms with E-state index in [-0.39, 0.29) is 23.6 Å². The van der Waals surface area contributed by atoms with E-state index in [1.165, 1.54) is 18.2 Å². The molecule has 4 nitrogen and oxygen atoms in total. The van der Waals surface area contributed by atoms with E-state index in [0.29, 0.717) is 5.02 Å². The highest BCUT2D eigenvalue weighted by Crippen LogP contribution is 2.20. The summed E-state index contributed by atoms with van der Waals surface area (Å²) in [6.07, 6.45) is 0.263. The molecule has 0 spiro atoms. The Balaban J connectivity index is 3.07. The Morgan fingerprint density at radius 3 is 2.67 bits per heavy atom. The quantitative estimate of drug-likeness (QED) is 0.838.